The van der Waals surface area contributed by atoms with E-state index in [1.165, 1.54) is 4.91 Å². The topological polar surface area (TPSA) is 55.6 Å². The van der Waals surface area contributed by atoms with E-state index in [0.717, 1.165) is 5.52 Å². The van der Waals surface area contributed by atoms with Crippen molar-refractivity contribution in [2.45, 2.75) is 0 Å². The molecule has 0 atom stereocenters. The van der Waals surface area contributed by atoms with Crippen LogP contribution in [0.25, 0.3) is 11.2 Å². The second-order valence-corrected chi connectivity index (χ2v) is 2.06. The predicted molar refractivity (Wildman–Crippen MR) is 40.6 cm³/mol. The zero-order valence-electron chi connectivity index (χ0n) is 6.02. The van der Waals surface area contributed by atoms with Crippen molar-refractivity contribution in [3.05, 3.63) is 18.3 Å². The van der Waals surface area contributed by atoms with Gasteiger partial charge in [-0.2, -0.15) is 0 Å². The Balaban J connectivity index is 2.69. The average Bonchev–Trinajstić information content (AvgIpc) is 2.46. The zero-order valence-corrected chi connectivity index (χ0v) is 6.02. The van der Waals surface area contributed by atoms with Crippen molar-refractivity contribution >= 4 is 11.2 Å². The number of rotatable bonds is 1. The van der Waals surface area contributed by atoms with Crippen molar-refractivity contribution in [2.75, 3.05) is 12.5 Å². The first kappa shape index (κ1) is 6.09. The fourth-order valence-corrected chi connectivity index (χ4v) is 0.858. The molecule has 5 nitrogen and oxygen atoms in total. The van der Waals surface area contributed by atoms with Gasteiger partial charge in [-0.25, -0.2) is 4.98 Å². The van der Waals surface area contributed by atoms with Gasteiger partial charge >= 0.3 is 0 Å². The molecule has 0 radical (unpaired) electrons. The summed E-state index contributed by atoms with van der Waals surface area (Å²) in [6.07, 6.45) is 1.69. The predicted octanol–water partition coefficient (Wildman–Crippen LogP) is -0.000400. The fraction of sp³-hybridized carbons (Fsp3) is 0.167. The lowest BCUT2D eigenvalue weighted by molar-refractivity contribution is 0.679. The van der Waals surface area contributed by atoms with Crippen LogP contribution in [0.1, 0.15) is 0 Å². The Hall–Kier alpha value is -1.65. The van der Waals surface area contributed by atoms with Crippen molar-refractivity contribution < 1.29 is 0 Å². The minimum atomic E-state index is 0.654. The van der Waals surface area contributed by atoms with Crippen LogP contribution in [0.15, 0.2) is 18.3 Å². The molecule has 11 heavy (non-hydrogen) atoms. The van der Waals surface area contributed by atoms with Crippen LogP contribution in [-0.4, -0.2) is 27.1 Å². The van der Waals surface area contributed by atoms with E-state index >= 15 is 0 Å². The Kier molecular flexibility index (Phi) is 1.21. The van der Waals surface area contributed by atoms with Gasteiger partial charge in [0.2, 0.25) is 5.65 Å². The van der Waals surface area contributed by atoms with Crippen molar-refractivity contribution in [1.29, 1.82) is 0 Å². The van der Waals surface area contributed by atoms with Gasteiger partial charge in [-0.3, -0.25) is 5.43 Å². The molecule has 2 rings (SSSR count). The van der Waals surface area contributed by atoms with E-state index in [4.69, 9.17) is 0 Å². The maximum absolute atomic E-state index is 4.06. The minimum absolute atomic E-state index is 0.654. The second-order valence-electron chi connectivity index (χ2n) is 2.06. The van der Waals surface area contributed by atoms with Crippen LogP contribution >= 0.6 is 0 Å². The van der Waals surface area contributed by atoms with Crippen LogP contribution in [0, 0.1) is 0 Å². The molecule has 0 fully saturated rings. The van der Waals surface area contributed by atoms with Gasteiger partial charge in [0.05, 0.1) is 0 Å². The summed E-state index contributed by atoms with van der Waals surface area (Å²) in [5.74, 6) is 0. The van der Waals surface area contributed by atoms with Gasteiger partial charge in [-0.05, 0) is 12.1 Å². The normalized spacial score (nSPS) is 10.3. The van der Waals surface area contributed by atoms with E-state index in [1.54, 1.807) is 13.2 Å². The number of hydrogen-bond donors (Lipinski definition) is 1. The highest BCUT2D eigenvalue weighted by molar-refractivity contribution is 5.67. The summed E-state index contributed by atoms with van der Waals surface area (Å²) >= 11 is 0. The lowest BCUT2D eigenvalue weighted by atomic mass is 10.4. The van der Waals surface area contributed by atoms with Gasteiger partial charge in [-0.15, -0.1) is 10.2 Å². The summed E-state index contributed by atoms with van der Waals surface area (Å²) < 4.78 is 0. The highest BCUT2D eigenvalue weighted by Gasteiger charge is 1.98. The van der Waals surface area contributed by atoms with Gasteiger partial charge < -0.3 is 0 Å². The molecule has 0 saturated carbocycles. The number of nitrogens with zero attached hydrogens (tertiary/aromatic N) is 4. The van der Waals surface area contributed by atoms with Gasteiger partial charge in [0.25, 0.3) is 0 Å². The molecule has 0 amide bonds. The molecule has 0 unspecified atom stereocenters. The Morgan fingerprint density at radius 3 is 3.09 bits per heavy atom. The lowest BCUT2D eigenvalue weighted by Gasteiger charge is -1.90. The van der Waals surface area contributed by atoms with Crippen molar-refractivity contribution in [3.8, 4) is 0 Å². The summed E-state index contributed by atoms with van der Waals surface area (Å²) in [6, 6.07) is 3.69. The Bertz CT molecular complexity index is 333. The van der Waals surface area contributed by atoms with Crippen LogP contribution in [0.3, 0.4) is 0 Å². The summed E-state index contributed by atoms with van der Waals surface area (Å²) in [7, 11) is 1.75. The van der Waals surface area contributed by atoms with E-state index in [2.05, 4.69) is 20.6 Å². The van der Waals surface area contributed by atoms with Crippen LogP contribution in [0.4, 0.5) is 0 Å². The van der Waals surface area contributed by atoms with Crippen LogP contribution in [-0.2, 0) is 0 Å². The number of nitrogens with one attached hydrogen (secondary N) is 1. The minimum Gasteiger partial charge on any atom is -0.296 e. The highest BCUT2D eigenvalue weighted by Crippen LogP contribution is 2.01. The largest absolute Gasteiger partial charge is 0.296 e. The Labute approximate surface area is 63.0 Å². The second kappa shape index (κ2) is 2.19. The third kappa shape index (κ3) is 0.899. The first-order valence-electron chi connectivity index (χ1n) is 3.26. The smallest absolute Gasteiger partial charge is 0.203 e. The molecule has 2 aromatic heterocycles. The molecule has 2 heterocycles. The summed E-state index contributed by atoms with van der Waals surface area (Å²) in [6.45, 7) is 0. The molecule has 0 saturated heterocycles. The van der Waals surface area contributed by atoms with E-state index in [1.807, 2.05) is 12.1 Å². The third-order valence-electron chi connectivity index (χ3n) is 1.36. The molecule has 0 aromatic carbocycles. The van der Waals surface area contributed by atoms with E-state index in [-0.39, 0.29) is 0 Å². The molecule has 5 heteroatoms. The lowest BCUT2D eigenvalue weighted by Crippen LogP contribution is -2.11. The fourth-order valence-electron chi connectivity index (χ4n) is 0.858. The zero-order chi connectivity index (χ0) is 7.68. The molecule has 0 aliphatic heterocycles. The van der Waals surface area contributed by atoms with Crippen molar-refractivity contribution in [3.63, 3.8) is 0 Å². The number of pyridine rings is 1. The van der Waals surface area contributed by atoms with E-state index < -0.39 is 0 Å². The quantitative estimate of drug-likeness (QED) is 0.620. The Morgan fingerprint density at radius 1 is 1.45 bits per heavy atom. The molecule has 0 bridgehead atoms. The molecule has 56 valence electrons. The highest BCUT2D eigenvalue weighted by atomic mass is 15.7. The maximum Gasteiger partial charge on any atom is 0.203 e. The van der Waals surface area contributed by atoms with Gasteiger partial charge in [-0.1, -0.05) is 4.91 Å². The van der Waals surface area contributed by atoms with Crippen LogP contribution in [0.2, 0.25) is 0 Å². The van der Waals surface area contributed by atoms with Gasteiger partial charge in [0, 0.05) is 13.2 Å². The monoisotopic (exact) mass is 149 g/mol. The Morgan fingerprint density at radius 2 is 2.36 bits per heavy atom. The number of fused-ring (bicyclic) bond motifs is 1. The number of aromatic nitrogens is 4. The van der Waals surface area contributed by atoms with E-state index in [0.29, 0.717) is 5.65 Å². The van der Waals surface area contributed by atoms with Gasteiger partial charge in [0.1, 0.15) is 5.52 Å². The average molecular weight is 149 g/mol. The van der Waals surface area contributed by atoms with Crippen molar-refractivity contribution in [2.24, 2.45) is 0 Å². The van der Waals surface area contributed by atoms with E-state index in [9.17, 15) is 0 Å². The molecule has 0 spiro atoms. The molecular formula is C6H7N5. The number of hydrogen-bond acceptors (Lipinski definition) is 4. The first-order chi connectivity index (χ1) is 5.40. The molecular weight excluding hydrogens is 142 g/mol. The summed E-state index contributed by atoms with van der Waals surface area (Å²) in [4.78, 5) is 5.40. The van der Waals surface area contributed by atoms with Crippen molar-refractivity contribution in [1.82, 2.24) is 20.1 Å². The van der Waals surface area contributed by atoms with Crippen LogP contribution in [0.5, 0.6) is 0 Å². The first-order valence-corrected chi connectivity index (χ1v) is 3.26. The summed E-state index contributed by atoms with van der Waals surface area (Å²) in [5, 5.41) is 8.08. The molecule has 1 N–H and O–H groups in total. The SMILES string of the molecule is CNn1nc2cccnc2n1. The molecule has 0 aliphatic rings. The maximum atomic E-state index is 4.06. The summed E-state index contributed by atoms with van der Waals surface area (Å²) in [5.41, 5.74) is 4.22. The molecule has 0 aliphatic carbocycles. The standard InChI is InChI=1S/C6H7N5/c1-7-11-9-5-3-2-4-8-6(5)10-11/h2-4,7H,1H3. The third-order valence-corrected chi connectivity index (χ3v) is 1.36. The van der Waals surface area contributed by atoms with Crippen LogP contribution < -0.4 is 5.43 Å². The molecule has 2 aromatic rings. The van der Waals surface area contributed by atoms with Gasteiger partial charge in [0.15, 0.2) is 0 Å².